The van der Waals surface area contributed by atoms with Crippen molar-refractivity contribution in [1.82, 2.24) is 0 Å². The molecule has 0 amide bonds. The minimum atomic E-state index is 0.524. The lowest BCUT2D eigenvalue weighted by molar-refractivity contribution is 0.109. The molecule has 70 valence electrons. The van der Waals surface area contributed by atoms with Crippen LogP contribution in [0.4, 0.5) is 0 Å². The van der Waals surface area contributed by atoms with Crippen LogP contribution in [0.3, 0.4) is 0 Å². The third-order valence-corrected chi connectivity index (χ3v) is 2.78. The number of carbonyl (C=O) groups excluding carboxylic acids is 2. The number of thiophene rings is 1. The van der Waals surface area contributed by atoms with Crippen LogP contribution in [-0.2, 0) is 6.42 Å². The molecular formula is C10H12O2S. The summed E-state index contributed by atoms with van der Waals surface area (Å²) in [7, 11) is 0. The largest absolute Gasteiger partial charge is 0.298 e. The Kier molecular flexibility index (Phi) is 3.37. The highest BCUT2D eigenvalue weighted by Gasteiger charge is 2.08. The first kappa shape index (κ1) is 10.1. The Morgan fingerprint density at radius 1 is 1.38 bits per heavy atom. The second kappa shape index (κ2) is 4.33. The van der Waals surface area contributed by atoms with Gasteiger partial charge in [-0.25, -0.2) is 0 Å². The molecule has 1 aromatic rings. The molecule has 0 bridgehead atoms. The zero-order valence-electron chi connectivity index (χ0n) is 7.74. The first-order valence-electron chi connectivity index (χ1n) is 4.20. The molecular weight excluding hydrogens is 184 g/mol. The van der Waals surface area contributed by atoms with Crippen molar-refractivity contribution in [3.05, 3.63) is 21.4 Å². The Labute approximate surface area is 81.6 Å². The van der Waals surface area contributed by atoms with Crippen LogP contribution in [0.1, 0.15) is 38.8 Å². The van der Waals surface area contributed by atoms with Gasteiger partial charge in [0.25, 0.3) is 0 Å². The van der Waals surface area contributed by atoms with Gasteiger partial charge in [-0.05, 0) is 18.4 Å². The molecule has 0 spiro atoms. The van der Waals surface area contributed by atoms with Gasteiger partial charge in [0, 0.05) is 10.4 Å². The highest BCUT2D eigenvalue weighted by Crippen LogP contribution is 2.22. The molecule has 2 nitrogen and oxygen atoms in total. The number of aldehydes is 2. The van der Waals surface area contributed by atoms with Gasteiger partial charge < -0.3 is 0 Å². The molecule has 0 aliphatic rings. The Hall–Kier alpha value is -0.960. The molecule has 0 radical (unpaired) electrons. The molecule has 1 heterocycles. The van der Waals surface area contributed by atoms with E-state index in [4.69, 9.17) is 0 Å². The SMILES string of the molecule is CC(C)Cc1cc(C=O)c(C=O)s1. The van der Waals surface area contributed by atoms with Crippen molar-refractivity contribution in [3.63, 3.8) is 0 Å². The minimum absolute atomic E-state index is 0.524. The molecule has 3 heteroatoms. The Morgan fingerprint density at radius 3 is 2.46 bits per heavy atom. The van der Waals surface area contributed by atoms with E-state index in [9.17, 15) is 9.59 Å². The Morgan fingerprint density at radius 2 is 2.08 bits per heavy atom. The predicted molar refractivity (Wildman–Crippen MR) is 53.6 cm³/mol. The van der Waals surface area contributed by atoms with Crippen molar-refractivity contribution in [2.45, 2.75) is 20.3 Å². The predicted octanol–water partition coefficient (Wildman–Crippen LogP) is 2.57. The van der Waals surface area contributed by atoms with E-state index in [1.165, 1.54) is 11.3 Å². The fraction of sp³-hybridized carbons (Fsp3) is 0.400. The van der Waals surface area contributed by atoms with Gasteiger partial charge >= 0.3 is 0 Å². The van der Waals surface area contributed by atoms with Crippen LogP contribution in [0.5, 0.6) is 0 Å². The monoisotopic (exact) mass is 196 g/mol. The highest BCUT2D eigenvalue weighted by molar-refractivity contribution is 7.14. The third-order valence-electron chi connectivity index (χ3n) is 1.69. The number of carbonyl (C=O) groups is 2. The lowest BCUT2D eigenvalue weighted by atomic mass is 10.1. The van der Waals surface area contributed by atoms with Crippen molar-refractivity contribution in [2.24, 2.45) is 5.92 Å². The lowest BCUT2D eigenvalue weighted by Crippen LogP contribution is -1.89. The maximum atomic E-state index is 10.5. The summed E-state index contributed by atoms with van der Waals surface area (Å²) in [5.41, 5.74) is 0.524. The molecule has 0 saturated carbocycles. The molecule has 0 atom stereocenters. The fourth-order valence-electron chi connectivity index (χ4n) is 1.16. The second-order valence-electron chi connectivity index (χ2n) is 3.37. The van der Waals surface area contributed by atoms with Crippen LogP contribution >= 0.6 is 11.3 Å². The third kappa shape index (κ3) is 2.49. The van der Waals surface area contributed by atoms with E-state index in [2.05, 4.69) is 13.8 Å². The lowest BCUT2D eigenvalue weighted by Gasteiger charge is -1.98. The topological polar surface area (TPSA) is 34.1 Å². The van der Waals surface area contributed by atoms with E-state index in [0.29, 0.717) is 16.4 Å². The standard InChI is InChI=1S/C10H12O2S/c1-7(2)3-9-4-8(5-11)10(6-12)13-9/h4-7H,3H2,1-2H3. The van der Waals surface area contributed by atoms with Gasteiger partial charge in [-0.2, -0.15) is 0 Å². The summed E-state index contributed by atoms with van der Waals surface area (Å²) < 4.78 is 0. The molecule has 0 aliphatic heterocycles. The van der Waals surface area contributed by atoms with Crippen LogP contribution in [0.25, 0.3) is 0 Å². The minimum Gasteiger partial charge on any atom is -0.298 e. The van der Waals surface area contributed by atoms with E-state index in [0.717, 1.165) is 23.9 Å². The average molecular weight is 196 g/mol. The summed E-state index contributed by atoms with van der Waals surface area (Å²) in [6.07, 6.45) is 2.42. The number of hydrogen-bond acceptors (Lipinski definition) is 3. The molecule has 1 rings (SSSR count). The quantitative estimate of drug-likeness (QED) is 0.693. The van der Waals surface area contributed by atoms with Crippen LogP contribution < -0.4 is 0 Å². The van der Waals surface area contributed by atoms with Gasteiger partial charge in [-0.3, -0.25) is 9.59 Å². The van der Waals surface area contributed by atoms with Crippen molar-refractivity contribution < 1.29 is 9.59 Å². The van der Waals surface area contributed by atoms with Crippen molar-refractivity contribution >= 4 is 23.9 Å². The van der Waals surface area contributed by atoms with Gasteiger partial charge in [0.2, 0.25) is 0 Å². The summed E-state index contributed by atoms with van der Waals surface area (Å²) in [4.78, 5) is 22.7. The van der Waals surface area contributed by atoms with E-state index in [-0.39, 0.29) is 0 Å². The van der Waals surface area contributed by atoms with Crippen molar-refractivity contribution in [1.29, 1.82) is 0 Å². The van der Waals surface area contributed by atoms with Gasteiger partial charge in [0.1, 0.15) is 0 Å². The number of rotatable bonds is 4. The summed E-state index contributed by atoms with van der Waals surface area (Å²) in [5, 5.41) is 0. The molecule has 0 aliphatic carbocycles. The van der Waals surface area contributed by atoms with Crippen LogP contribution in [0, 0.1) is 5.92 Å². The maximum absolute atomic E-state index is 10.5. The van der Waals surface area contributed by atoms with Crippen molar-refractivity contribution in [2.75, 3.05) is 0 Å². The van der Waals surface area contributed by atoms with Crippen molar-refractivity contribution in [3.8, 4) is 0 Å². The molecule has 0 N–H and O–H groups in total. The molecule has 0 fully saturated rings. The second-order valence-corrected chi connectivity index (χ2v) is 4.53. The van der Waals surface area contributed by atoms with Crippen LogP contribution in [0.2, 0.25) is 0 Å². The van der Waals surface area contributed by atoms with Crippen LogP contribution in [-0.4, -0.2) is 12.6 Å². The molecule has 13 heavy (non-hydrogen) atoms. The summed E-state index contributed by atoms with van der Waals surface area (Å²) in [6.45, 7) is 4.22. The van der Waals surface area contributed by atoms with E-state index in [1.807, 2.05) is 0 Å². The van der Waals surface area contributed by atoms with Gasteiger partial charge in [-0.1, -0.05) is 13.8 Å². The Bertz CT molecular complexity index is 287. The van der Waals surface area contributed by atoms with Gasteiger partial charge in [0.15, 0.2) is 12.6 Å². The van der Waals surface area contributed by atoms with E-state index < -0.39 is 0 Å². The smallest absolute Gasteiger partial charge is 0.160 e. The van der Waals surface area contributed by atoms with Gasteiger partial charge in [0.05, 0.1) is 4.88 Å². The zero-order valence-corrected chi connectivity index (χ0v) is 8.56. The van der Waals surface area contributed by atoms with Gasteiger partial charge in [-0.15, -0.1) is 11.3 Å². The molecule has 0 aromatic carbocycles. The molecule has 1 aromatic heterocycles. The maximum Gasteiger partial charge on any atom is 0.160 e. The highest BCUT2D eigenvalue weighted by atomic mass is 32.1. The van der Waals surface area contributed by atoms with E-state index >= 15 is 0 Å². The normalized spacial score (nSPS) is 10.4. The zero-order chi connectivity index (χ0) is 9.84. The summed E-state index contributed by atoms with van der Waals surface area (Å²) in [5.74, 6) is 0.553. The number of hydrogen-bond donors (Lipinski definition) is 0. The summed E-state index contributed by atoms with van der Waals surface area (Å²) >= 11 is 1.41. The Balaban J connectivity index is 2.92. The first-order chi connectivity index (χ1) is 6.17. The summed E-state index contributed by atoms with van der Waals surface area (Å²) in [6, 6.07) is 1.81. The van der Waals surface area contributed by atoms with Crippen LogP contribution in [0.15, 0.2) is 6.07 Å². The average Bonchev–Trinajstić information content (AvgIpc) is 2.45. The first-order valence-corrected chi connectivity index (χ1v) is 5.02. The van der Waals surface area contributed by atoms with E-state index in [1.54, 1.807) is 6.07 Å². The molecule has 0 unspecified atom stereocenters. The fourth-order valence-corrected chi connectivity index (χ4v) is 2.32. The molecule has 0 saturated heterocycles.